The van der Waals surface area contributed by atoms with Gasteiger partial charge in [-0.2, -0.15) is 0 Å². The maximum absolute atomic E-state index is 11.7. The van der Waals surface area contributed by atoms with Crippen LogP contribution in [0.1, 0.15) is 30.5 Å². The standard InChI is InChI=1S/C13H16ClNO2/c1-2-17-13(16)9-5-8-3-4-10(14)7-11(8)12(15)6-9/h3-4,7,9,12H,2,5-6,15H2,1H3/t9-,12+/m1/s1. The van der Waals surface area contributed by atoms with Crippen molar-refractivity contribution in [1.82, 2.24) is 0 Å². The predicted molar refractivity (Wildman–Crippen MR) is 66.8 cm³/mol. The number of fused-ring (bicyclic) bond motifs is 1. The summed E-state index contributed by atoms with van der Waals surface area (Å²) in [5, 5.41) is 0.689. The van der Waals surface area contributed by atoms with E-state index in [2.05, 4.69) is 0 Å². The van der Waals surface area contributed by atoms with Crippen molar-refractivity contribution in [1.29, 1.82) is 0 Å². The number of halogens is 1. The molecule has 0 amide bonds. The number of ether oxygens (including phenoxy) is 1. The van der Waals surface area contributed by atoms with Gasteiger partial charge in [0.05, 0.1) is 12.5 Å². The largest absolute Gasteiger partial charge is 0.466 e. The maximum atomic E-state index is 11.7. The molecule has 0 aliphatic heterocycles. The first-order valence-electron chi connectivity index (χ1n) is 5.82. The highest BCUT2D eigenvalue weighted by atomic mass is 35.5. The summed E-state index contributed by atoms with van der Waals surface area (Å²) in [7, 11) is 0. The van der Waals surface area contributed by atoms with E-state index in [0.29, 0.717) is 24.5 Å². The zero-order valence-corrected chi connectivity index (χ0v) is 10.5. The SMILES string of the molecule is CCOC(=O)[C@@H]1Cc2ccc(Cl)cc2[C@@H](N)C1. The molecule has 2 rings (SSSR count). The fraction of sp³-hybridized carbons (Fsp3) is 0.462. The van der Waals surface area contributed by atoms with Gasteiger partial charge in [-0.3, -0.25) is 4.79 Å². The summed E-state index contributed by atoms with van der Waals surface area (Å²) in [5.74, 6) is -0.276. The van der Waals surface area contributed by atoms with Crippen LogP contribution in [0.4, 0.5) is 0 Å². The van der Waals surface area contributed by atoms with Crippen LogP contribution < -0.4 is 5.73 Å². The highest BCUT2D eigenvalue weighted by Crippen LogP contribution is 2.33. The van der Waals surface area contributed by atoms with Gasteiger partial charge in [0.2, 0.25) is 0 Å². The second-order valence-corrected chi connectivity index (χ2v) is 4.77. The lowest BCUT2D eigenvalue weighted by molar-refractivity contribution is -0.148. The van der Waals surface area contributed by atoms with Gasteiger partial charge in [0.1, 0.15) is 0 Å². The van der Waals surface area contributed by atoms with Crippen LogP contribution in [0.2, 0.25) is 5.02 Å². The normalized spacial score (nSPS) is 23.0. The van der Waals surface area contributed by atoms with Gasteiger partial charge < -0.3 is 10.5 Å². The van der Waals surface area contributed by atoms with E-state index >= 15 is 0 Å². The van der Waals surface area contributed by atoms with Gasteiger partial charge in [-0.1, -0.05) is 17.7 Å². The van der Waals surface area contributed by atoms with Crippen LogP contribution >= 0.6 is 11.6 Å². The zero-order chi connectivity index (χ0) is 12.4. The average molecular weight is 254 g/mol. The van der Waals surface area contributed by atoms with Crippen LogP contribution in [-0.2, 0) is 16.0 Å². The number of nitrogens with two attached hydrogens (primary N) is 1. The third kappa shape index (κ3) is 2.61. The monoisotopic (exact) mass is 253 g/mol. The summed E-state index contributed by atoms with van der Waals surface area (Å²) in [5.41, 5.74) is 8.23. The molecule has 0 radical (unpaired) electrons. The smallest absolute Gasteiger partial charge is 0.309 e. The Morgan fingerprint density at radius 2 is 2.35 bits per heavy atom. The van der Waals surface area contributed by atoms with Crippen molar-refractivity contribution in [3.63, 3.8) is 0 Å². The van der Waals surface area contributed by atoms with Crippen molar-refractivity contribution in [2.45, 2.75) is 25.8 Å². The van der Waals surface area contributed by atoms with Crippen LogP contribution in [0.15, 0.2) is 18.2 Å². The van der Waals surface area contributed by atoms with Gasteiger partial charge >= 0.3 is 5.97 Å². The Hall–Kier alpha value is -1.06. The van der Waals surface area contributed by atoms with E-state index in [0.717, 1.165) is 11.1 Å². The van der Waals surface area contributed by atoms with Crippen molar-refractivity contribution in [2.24, 2.45) is 11.7 Å². The first kappa shape index (κ1) is 12.4. The number of hydrogen-bond donors (Lipinski definition) is 1. The molecule has 1 aromatic carbocycles. The fourth-order valence-electron chi connectivity index (χ4n) is 2.32. The van der Waals surface area contributed by atoms with Gasteiger partial charge in [-0.05, 0) is 43.0 Å². The Balaban J connectivity index is 2.21. The lowest BCUT2D eigenvalue weighted by Crippen LogP contribution is -2.30. The molecule has 1 aromatic rings. The molecule has 92 valence electrons. The first-order valence-corrected chi connectivity index (χ1v) is 6.20. The minimum Gasteiger partial charge on any atom is -0.466 e. The van der Waals surface area contributed by atoms with Crippen LogP contribution in [0.5, 0.6) is 0 Å². The number of esters is 1. The maximum Gasteiger partial charge on any atom is 0.309 e. The van der Waals surface area contributed by atoms with Crippen molar-refractivity contribution in [3.05, 3.63) is 34.3 Å². The number of carbonyl (C=O) groups is 1. The lowest BCUT2D eigenvalue weighted by atomic mass is 9.81. The molecule has 1 aliphatic carbocycles. The van der Waals surface area contributed by atoms with E-state index in [1.807, 2.05) is 25.1 Å². The molecule has 0 heterocycles. The third-order valence-electron chi connectivity index (χ3n) is 3.13. The summed E-state index contributed by atoms with van der Waals surface area (Å²) in [6.45, 7) is 2.23. The summed E-state index contributed by atoms with van der Waals surface area (Å²) < 4.78 is 5.05. The number of rotatable bonds is 2. The van der Waals surface area contributed by atoms with E-state index in [-0.39, 0.29) is 17.9 Å². The number of carbonyl (C=O) groups excluding carboxylic acids is 1. The molecular weight excluding hydrogens is 238 g/mol. The molecule has 3 nitrogen and oxygen atoms in total. The van der Waals surface area contributed by atoms with Gasteiger partial charge in [0, 0.05) is 11.1 Å². The van der Waals surface area contributed by atoms with Gasteiger partial charge in [0.15, 0.2) is 0 Å². The van der Waals surface area contributed by atoms with Gasteiger partial charge in [-0.15, -0.1) is 0 Å². The molecule has 0 saturated carbocycles. The Labute approximate surface area is 106 Å². The molecule has 17 heavy (non-hydrogen) atoms. The van der Waals surface area contributed by atoms with E-state index < -0.39 is 0 Å². The Bertz CT molecular complexity index is 433. The van der Waals surface area contributed by atoms with Crippen molar-refractivity contribution in [2.75, 3.05) is 6.61 Å². The van der Waals surface area contributed by atoms with Crippen LogP contribution in [-0.4, -0.2) is 12.6 Å². The molecule has 0 spiro atoms. The average Bonchev–Trinajstić information content (AvgIpc) is 2.30. The Morgan fingerprint density at radius 1 is 1.59 bits per heavy atom. The molecule has 0 bridgehead atoms. The highest BCUT2D eigenvalue weighted by Gasteiger charge is 2.30. The minimum absolute atomic E-state index is 0.126. The zero-order valence-electron chi connectivity index (χ0n) is 9.78. The molecular formula is C13H16ClNO2. The summed E-state index contributed by atoms with van der Waals surface area (Å²) in [6, 6.07) is 5.54. The predicted octanol–water partition coefficient (Wildman–Crippen LogP) is 2.47. The van der Waals surface area contributed by atoms with E-state index in [1.165, 1.54) is 0 Å². The first-order chi connectivity index (χ1) is 8.11. The van der Waals surface area contributed by atoms with Crippen LogP contribution in [0, 0.1) is 5.92 Å². The second kappa shape index (κ2) is 5.07. The van der Waals surface area contributed by atoms with Crippen LogP contribution in [0.25, 0.3) is 0 Å². The third-order valence-corrected chi connectivity index (χ3v) is 3.37. The molecule has 0 unspecified atom stereocenters. The van der Waals surface area contributed by atoms with Gasteiger partial charge in [-0.25, -0.2) is 0 Å². The summed E-state index contributed by atoms with van der Waals surface area (Å²) in [4.78, 5) is 11.7. The quantitative estimate of drug-likeness (QED) is 0.824. The Kier molecular flexibility index (Phi) is 3.69. The summed E-state index contributed by atoms with van der Waals surface area (Å²) >= 11 is 5.94. The Morgan fingerprint density at radius 3 is 3.06 bits per heavy atom. The molecule has 0 saturated heterocycles. The number of hydrogen-bond acceptors (Lipinski definition) is 3. The van der Waals surface area contributed by atoms with Crippen molar-refractivity contribution < 1.29 is 9.53 Å². The van der Waals surface area contributed by atoms with E-state index in [9.17, 15) is 4.79 Å². The molecule has 4 heteroatoms. The highest BCUT2D eigenvalue weighted by molar-refractivity contribution is 6.30. The molecule has 1 aliphatic rings. The molecule has 2 N–H and O–H groups in total. The van der Waals surface area contributed by atoms with Crippen molar-refractivity contribution >= 4 is 17.6 Å². The van der Waals surface area contributed by atoms with E-state index in [1.54, 1.807) is 0 Å². The van der Waals surface area contributed by atoms with Gasteiger partial charge in [0.25, 0.3) is 0 Å². The summed E-state index contributed by atoms with van der Waals surface area (Å²) in [6.07, 6.45) is 1.32. The second-order valence-electron chi connectivity index (χ2n) is 4.34. The molecule has 0 aromatic heterocycles. The van der Waals surface area contributed by atoms with Crippen LogP contribution in [0.3, 0.4) is 0 Å². The topological polar surface area (TPSA) is 52.3 Å². The number of benzene rings is 1. The fourth-order valence-corrected chi connectivity index (χ4v) is 2.50. The molecule has 0 fully saturated rings. The lowest BCUT2D eigenvalue weighted by Gasteiger charge is -2.28. The van der Waals surface area contributed by atoms with Crippen molar-refractivity contribution in [3.8, 4) is 0 Å². The minimum atomic E-state index is -0.149. The molecule has 2 atom stereocenters. The van der Waals surface area contributed by atoms with E-state index in [4.69, 9.17) is 22.1 Å².